The average molecular weight is 412 g/mol. The van der Waals surface area contributed by atoms with Gasteiger partial charge in [-0.1, -0.05) is 6.07 Å². The number of fused-ring (bicyclic) bond motifs is 1. The lowest BCUT2D eigenvalue weighted by Crippen LogP contribution is -2.41. The van der Waals surface area contributed by atoms with Crippen molar-refractivity contribution in [1.29, 1.82) is 0 Å². The van der Waals surface area contributed by atoms with Gasteiger partial charge in [0.1, 0.15) is 11.8 Å². The normalized spacial score (nSPS) is 25.6. The summed E-state index contributed by atoms with van der Waals surface area (Å²) < 4.78 is 42.9. The van der Waals surface area contributed by atoms with Crippen molar-refractivity contribution in [2.45, 2.75) is 32.3 Å². The van der Waals surface area contributed by atoms with Crippen molar-refractivity contribution in [2.75, 3.05) is 39.3 Å². The van der Waals surface area contributed by atoms with Crippen LogP contribution in [-0.4, -0.2) is 66.4 Å². The number of amides is 1. The van der Waals surface area contributed by atoms with Gasteiger partial charge in [0.15, 0.2) is 0 Å². The van der Waals surface area contributed by atoms with Crippen LogP contribution in [0.5, 0.6) is 5.75 Å². The summed E-state index contributed by atoms with van der Waals surface area (Å²) in [7, 11) is 0. The van der Waals surface area contributed by atoms with Crippen molar-refractivity contribution >= 4 is 6.09 Å². The third-order valence-electron chi connectivity index (χ3n) is 6.17. The van der Waals surface area contributed by atoms with E-state index in [9.17, 15) is 23.1 Å². The highest BCUT2D eigenvalue weighted by atomic mass is 19.4. The molecule has 2 unspecified atom stereocenters. The number of benzene rings is 1. The first-order valence-corrected chi connectivity index (χ1v) is 10.0. The second kappa shape index (κ2) is 8.02. The Kier molecular flexibility index (Phi) is 5.61. The molecule has 2 atom stereocenters. The van der Waals surface area contributed by atoms with Crippen LogP contribution in [0.4, 0.5) is 18.0 Å². The molecule has 0 spiro atoms. The van der Waals surface area contributed by atoms with Crippen LogP contribution in [0.15, 0.2) is 18.2 Å². The van der Waals surface area contributed by atoms with E-state index in [1.807, 2.05) is 6.07 Å². The third-order valence-corrected chi connectivity index (χ3v) is 6.17. The predicted molar refractivity (Wildman–Crippen MR) is 96.9 cm³/mol. The SMILES string of the molecule is O=C([O-])N1CC2CN(Cc3cc(CN4CCCC4)ccc3OC(F)(F)F)CC2C1. The lowest BCUT2D eigenvalue weighted by atomic mass is 10.0. The number of carbonyl (C=O) groups excluding carboxylic acids is 1. The number of nitrogens with zero attached hydrogens (tertiary/aromatic N) is 3. The molecular formula is C20H25F3N3O3-. The fourth-order valence-electron chi connectivity index (χ4n) is 4.89. The van der Waals surface area contributed by atoms with Crippen LogP contribution >= 0.6 is 0 Å². The number of rotatable bonds is 5. The molecule has 29 heavy (non-hydrogen) atoms. The molecule has 3 aliphatic heterocycles. The Bertz CT molecular complexity index is 738. The van der Waals surface area contributed by atoms with Crippen molar-refractivity contribution in [3.63, 3.8) is 0 Å². The minimum atomic E-state index is -4.73. The molecule has 160 valence electrons. The molecule has 0 radical (unpaired) electrons. The molecule has 9 heteroatoms. The molecule has 1 aromatic carbocycles. The maximum atomic E-state index is 12.9. The number of carbonyl (C=O) groups is 1. The van der Waals surface area contributed by atoms with Crippen molar-refractivity contribution in [3.05, 3.63) is 29.3 Å². The van der Waals surface area contributed by atoms with E-state index >= 15 is 0 Å². The molecule has 0 bridgehead atoms. The van der Waals surface area contributed by atoms with Gasteiger partial charge in [0.25, 0.3) is 0 Å². The van der Waals surface area contributed by atoms with E-state index in [0.29, 0.717) is 38.3 Å². The first-order chi connectivity index (χ1) is 13.8. The number of alkyl halides is 3. The van der Waals surface area contributed by atoms with Gasteiger partial charge in [-0.3, -0.25) is 9.80 Å². The highest BCUT2D eigenvalue weighted by Gasteiger charge is 2.40. The molecule has 3 saturated heterocycles. The zero-order valence-corrected chi connectivity index (χ0v) is 16.2. The summed E-state index contributed by atoms with van der Waals surface area (Å²) in [5.41, 5.74) is 1.51. The number of halogens is 3. The summed E-state index contributed by atoms with van der Waals surface area (Å²) >= 11 is 0. The van der Waals surface area contributed by atoms with E-state index in [1.165, 1.54) is 11.0 Å². The highest BCUT2D eigenvalue weighted by Crippen LogP contribution is 2.34. The average Bonchev–Trinajstić information content (AvgIpc) is 3.32. The van der Waals surface area contributed by atoms with Crippen molar-refractivity contribution in [1.82, 2.24) is 14.7 Å². The first kappa shape index (κ1) is 20.3. The Balaban J connectivity index is 1.46. The van der Waals surface area contributed by atoms with Crippen molar-refractivity contribution in [2.24, 2.45) is 11.8 Å². The second-order valence-corrected chi connectivity index (χ2v) is 8.36. The lowest BCUT2D eigenvalue weighted by Gasteiger charge is -2.24. The van der Waals surface area contributed by atoms with Crippen LogP contribution in [-0.2, 0) is 13.1 Å². The van der Waals surface area contributed by atoms with E-state index in [-0.39, 0.29) is 17.6 Å². The number of hydrogen-bond donors (Lipinski definition) is 0. The van der Waals surface area contributed by atoms with Gasteiger partial charge in [-0.15, -0.1) is 13.2 Å². The fraction of sp³-hybridized carbons (Fsp3) is 0.650. The minimum Gasteiger partial charge on any atom is -0.530 e. The molecular weight excluding hydrogens is 387 g/mol. The lowest BCUT2D eigenvalue weighted by molar-refractivity contribution is -0.275. The van der Waals surface area contributed by atoms with Crippen LogP contribution < -0.4 is 9.84 Å². The Hall–Kier alpha value is -2.00. The maximum Gasteiger partial charge on any atom is 0.573 e. The molecule has 1 amide bonds. The molecule has 1 aromatic rings. The van der Waals surface area contributed by atoms with Gasteiger partial charge in [0.2, 0.25) is 0 Å². The summed E-state index contributed by atoms with van der Waals surface area (Å²) in [6.07, 6.45) is -3.58. The number of ether oxygens (including phenoxy) is 1. The van der Waals surface area contributed by atoms with Crippen molar-refractivity contribution < 1.29 is 27.8 Å². The van der Waals surface area contributed by atoms with E-state index in [1.54, 1.807) is 6.07 Å². The zero-order valence-electron chi connectivity index (χ0n) is 16.2. The monoisotopic (exact) mass is 412 g/mol. The Morgan fingerprint density at radius 2 is 1.69 bits per heavy atom. The van der Waals surface area contributed by atoms with Crippen LogP contribution in [0.3, 0.4) is 0 Å². The van der Waals surface area contributed by atoms with Crippen molar-refractivity contribution in [3.8, 4) is 5.75 Å². The van der Waals surface area contributed by atoms with E-state index < -0.39 is 12.5 Å². The second-order valence-electron chi connectivity index (χ2n) is 8.36. The largest absolute Gasteiger partial charge is 0.573 e. The summed E-state index contributed by atoms with van der Waals surface area (Å²) in [6.45, 7) is 5.31. The Labute approximate surface area is 167 Å². The van der Waals surface area contributed by atoms with E-state index in [2.05, 4.69) is 14.5 Å². The van der Waals surface area contributed by atoms with Gasteiger partial charge in [-0.05, 0) is 55.5 Å². The molecule has 3 fully saturated rings. The molecule has 3 aliphatic rings. The highest BCUT2D eigenvalue weighted by molar-refractivity contribution is 5.63. The number of hydrogen-bond acceptors (Lipinski definition) is 5. The minimum absolute atomic E-state index is 0.156. The molecule has 4 rings (SSSR count). The van der Waals surface area contributed by atoms with Crippen LogP contribution in [0.25, 0.3) is 0 Å². The van der Waals surface area contributed by atoms with Gasteiger partial charge in [0.05, 0.1) is 0 Å². The summed E-state index contributed by atoms with van der Waals surface area (Å²) in [4.78, 5) is 16.8. The van der Waals surface area contributed by atoms with Gasteiger partial charge >= 0.3 is 6.36 Å². The zero-order chi connectivity index (χ0) is 20.6. The molecule has 0 aliphatic carbocycles. The first-order valence-electron chi connectivity index (χ1n) is 10.0. The summed E-state index contributed by atoms with van der Waals surface area (Å²) in [5.74, 6) is 0.247. The van der Waals surface area contributed by atoms with Gasteiger partial charge in [-0.2, -0.15) is 0 Å². The molecule has 6 nitrogen and oxygen atoms in total. The number of likely N-dealkylation sites (tertiary alicyclic amines) is 3. The van der Waals surface area contributed by atoms with Gasteiger partial charge in [-0.25, -0.2) is 0 Å². The predicted octanol–water partition coefficient (Wildman–Crippen LogP) is 1.89. The standard InChI is InChI=1S/C20H26F3N3O3/c21-20(22,23)29-18-4-3-14(8-24-5-1-2-6-24)7-15(18)9-25-10-16-12-26(19(27)28)13-17(16)11-25/h3-4,7,16-17H,1-2,5-6,8-13H2,(H,27,28)/p-1. The maximum absolute atomic E-state index is 12.9. The van der Waals surface area contributed by atoms with Gasteiger partial charge in [0, 0.05) is 44.8 Å². The van der Waals surface area contributed by atoms with Crippen LogP contribution in [0, 0.1) is 11.8 Å². The summed E-state index contributed by atoms with van der Waals surface area (Å²) in [5, 5.41) is 11.0. The molecule has 0 aromatic heterocycles. The summed E-state index contributed by atoms with van der Waals surface area (Å²) in [6, 6.07) is 4.95. The van der Waals surface area contributed by atoms with E-state index in [4.69, 9.17) is 0 Å². The smallest absolute Gasteiger partial charge is 0.530 e. The van der Waals surface area contributed by atoms with Crippen LogP contribution in [0.1, 0.15) is 24.0 Å². The number of carboxylic acid groups (broad SMARTS) is 1. The van der Waals surface area contributed by atoms with Crippen LogP contribution in [0.2, 0.25) is 0 Å². The quantitative estimate of drug-likeness (QED) is 0.739. The van der Waals surface area contributed by atoms with E-state index in [0.717, 1.165) is 38.0 Å². The topological polar surface area (TPSA) is 59.1 Å². The third kappa shape index (κ3) is 4.95. The molecule has 0 N–H and O–H groups in total. The Morgan fingerprint density at radius 1 is 1.03 bits per heavy atom. The fourth-order valence-corrected chi connectivity index (χ4v) is 4.89. The Morgan fingerprint density at radius 3 is 2.28 bits per heavy atom. The van der Waals surface area contributed by atoms with Gasteiger partial charge < -0.3 is 19.5 Å². The molecule has 3 heterocycles. The molecule has 0 saturated carbocycles.